The highest BCUT2D eigenvalue weighted by Gasteiger charge is 2.11. The van der Waals surface area contributed by atoms with Gasteiger partial charge in [-0.15, -0.1) is 0 Å². The standard InChI is InChI=1S/C28H32N2O2/c1-4-23-11-13-24(14-12-23)32-20-28-29-26-9-5-6-10-27(26)30(28)15-7-8-16-31-25-18-21(2)17-22(3)19-25/h5-6,9-14,17-19H,4,7-8,15-16,20H2,1-3H3. The van der Waals surface area contributed by atoms with Crippen LogP contribution in [0.1, 0.15) is 42.3 Å². The Kier molecular flexibility index (Phi) is 7.10. The van der Waals surface area contributed by atoms with E-state index in [0.717, 1.165) is 54.2 Å². The molecule has 32 heavy (non-hydrogen) atoms. The number of ether oxygens (including phenoxy) is 2. The van der Waals surface area contributed by atoms with Crippen molar-refractivity contribution < 1.29 is 9.47 Å². The number of para-hydroxylation sites is 2. The molecule has 0 aliphatic heterocycles. The molecule has 0 aliphatic rings. The van der Waals surface area contributed by atoms with E-state index < -0.39 is 0 Å². The summed E-state index contributed by atoms with van der Waals surface area (Å²) in [4.78, 5) is 4.83. The van der Waals surface area contributed by atoms with Crippen LogP contribution < -0.4 is 9.47 Å². The number of hydrogen-bond donors (Lipinski definition) is 0. The third-order valence-corrected chi connectivity index (χ3v) is 5.67. The number of benzene rings is 3. The SMILES string of the molecule is CCc1ccc(OCc2nc3ccccc3n2CCCCOc2cc(C)cc(C)c2)cc1. The van der Waals surface area contributed by atoms with Crippen LogP contribution in [-0.2, 0) is 19.6 Å². The maximum absolute atomic E-state index is 6.06. The summed E-state index contributed by atoms with van der Waals surface area (Å²) in [5.74, 6) is 2.79. The zero-order chi connectivity index (χ0) is 22.3. The number of nitrogens with zero attached hydrogens (tertiary/aromatic N) is 2. The van der Waals surface area contributed by atoms with Crippen LogP contribution in [0.3, 0.4) is 0 Å². The quantitative estimate of drug-likeness (QED) is 0.265. The van der Waals surface area contributed by atoms with Crippen LogP contribution in [0.2, 0.25) is 0 Å². The van der Waals surface area contributed by atoms with Gasteiger partial charge in [-0.1, -0.05) is 37.3 Å². The van der Waals surface area contributed by atoms with Crippen LogP contribution in [-0.4, -0.2) is 16.2 Å². The van der Waals surface area contributed by atoms with Gasteiger partial charge in [0.05, 0.1) is 17.6 Å². The Morgan fingerprint density at radius 1 is 0.812 bits per heavy atom. The Hall–Kier alpha value is -3.27. The molecule has 3 aromatic carbocycles. The molecule has 4 heteroatoms. The first kappa shape index (κ1) is 21.9. The van der Waals surface area contributed by atoms with E-state index in [1.807, 2.05) is 18.2 Å². The molecular weight excluding hydrogens is 396 g/mol. The van der Waals surface area contributed by atoms with Gasteiger partial charge in [-0.05, 0) is 86.2 Å². The third-order valence-electron chi connectivity index (χ3n) is 5.67. The first-order valence-electron chi connectivity index (χ1n) is 11.5. The van der Waals surface area contributed by atoms with Crippen LogP contribution in [0, 0.1) is 13.8 Å². The number of aromatic nitrogens is 2. The average Bonchev–Trinajstić information content (AvgIpc) is 3.14. The molecule has 1 aromatic heterocycles. The monoisotopic (exact) mass is 428 g/mol. The fourth-order valence-electron chi connectivity index (χ4n) is 4.03. The van der Waals surface area contributed by atoms with E-state index in [1.54, 1.807) is 0 Å². The van der Waals surface area contributed by atoms with Gasteiger partial charge in [0, 0.05) is 6.54 Å². The second-order valence-electron chi connectivity index (χ2n) is 8.33. The molecule has 4 rings (SSSR count). The van der Waals surface area contributed by atoms with Crippen molar-refractivity contribution in [3.63, 3.8) is 0 Å². The minimum absolute atomic E-state index is 0.458. The molecule has 0 fully saturated rings. The Bertz CT molecular complexity index is 1140. The highest BCUT2D eigenvalue weighted by atomic mass is 16.5. The molecule has 4 nitrogen and oxygen atoms in total. The van der Waals surface area contributed by atoms with Crippen LogP contribution in [0.5, 0.6) is 11.5 Å². The van der Waals surface area contributed by atoms with Crippen LogP contribution in [0.25, 0.3) is 11.0 Å². The topological polar surface area (TPSA) is 36.3 Å². The summed E-state index contributed by atoms with van der Waals surface area (Å²) in [6.45, 7) is 8.43. The molecule has 0 radical (unpaired) electrons. The van der Waals surface area contributed by atoms with E-state index in [9.17, 15) is 0 Å². The predicted octanol–water partition coefficient (Wildman–Crippen LogP) is 6.65. The molecule has 1 heterocycles. The second kappa shape index (κ2) is 10.4. The lowest BCUT2D eigenvalue weighted by molar-refractivity contribution is 0.285. The number of fused-ring (bicyclic) bond motifs is 1. The van der Waals surface area contributed by atoms with Gasteiger partial charge in [-0.3, -0.25) is 0 Å². The van der Waals surface area contributed by atoms with Crippen molar-refractivity contribution in [3.05, 3.63) is 89.2 Å². The van der Waals surface area contributed by atoms with Crippen molar-refractivity contribution in [2.24, 2.45) is 0 Å². The molecule has 0 unspecified atom stereocenters. The number of unbranched alkanes of at least 4 members (excludes halogenated alkanes) is 1. The minimum atomic E-state index is 0.458. The molecule has 0 saturated heterocycles. The average molecular weight is 429 g/mol. The summed E-state index contributed by atoms with van der Waals surface area (Å²) < 4.78 is 14.3. The smallest absolute Gasteiger partial charge is 0.147 e. The molecule has 4 aromatic rings. The molecule has 0 N–H and O–H groups in total. The highest BCUT2D eigenvalue weighted by molar-refractivity contribution is 5.75. The van der Waals surface area contributed by atoms with Gasteiger partial charge >= 0.3 is 0 Å². The summed E-state index contributed by atoms with van der Waals surface area (Å²) in [7, 11) is 0. The summed E-state index contributed by atoms with van der Waals surface area (Å²) >= 11 is 0. The Morgan fingerprint density at radius 2 is 1.56 bits per heavy atom. The summed E-state index contributed by atoms with van der Waals surface area (Å²) in [6.07, 6.45) is 3.03. The summed E-state index contributed by atoms with van der Waals surface area (Å²) in [5, 5.41) is 0. The zero-order valence-electron chi connectivity index (χ0n) is 19.3. The number of hydrogen-bond acceptors (Lipinski definition) is 3. The predicted molar refractivity (Wildman–Crippen MR) is 131 cm³/mol. The minimum Gasteiger partial charge on any atom is -0.494 e. The van der Waals surface area contributed by atoms with E-state index in [2.05, 4.69) is 73.9 Å². The lowest BCUT2D eigenvalue weighted by atomic mass is 10.1. The van der Waals surface area contributed by atoms with E-state index in [-0.39, 0.29) is 0 Å². The van der Waals surface area contributed by atoms with Crippen LogP contribution in [0.15, 0.2) is 66.7 Å². The molecular formula is C28H32N2O2. The van der Waals surface area contributed by atoms with Crippen LogP contribution >= 0.6 is 0 Å². The number of rotatable bonds is 10. The number of imidazole rings is 1. The maximum Gasteiger partial charge on any atom is 0.147 e. The summed E-state index contributed by atoms with van der Waals surface area (Å²) in [6, 6.07) is 23.0. The van der Waals surface area contributed by atoms with Gasteiger partial charge in [-0.25, -0.2) is 4.98 Å². The fraction of sp³-hybridized carbons (Fsp3) is 0.321. The van der Waals surface area contributed by atoms with Crippen LogP contribution in [0.4, 0.5) is 0 Å². The lowest BCUT2D eigenvalue weighted by Crippen LogP contribution is -2.09. The first-order valence-corrected chi connectivity index (χ1v) is 11.5. The van der Waals surface area contributed by atoms with Crippen molar-refractivity contribution in [2.45, 2.75) is 53.2 Å². The molecule has 0 aliphatic carbocycles. The van der Waals surface area contributed by atoms with Crippen molar-refractivity contribution in [3.8, 4) is 11.5 Å². The third kappa shape index (κ3) is 5.50. The lowest BCUT2D eigenvalue weighted by Gasteiger charge is -2.12. The molecule has 0 bridgehead atoms. The maximum atomic E-state index is 6.06. The number of aryl methyl sites for hydroxylation is 4. The van der Waals surface area contributed by atoms with Gasteiger partial charge in [0.15, 0.2) is 0 Å². The first-order chi connectivity index (χ1) is 15.6. The molecule has 0 spiro atoms. The fourth-order valence-corrected chi connectivity index (χ4v) is 4.03. The Labute approximate surface area is 190 Å². The van der Waals surface area contributed by atoms with E-state index in [0.29, 0.717) is 13.2 Å². The van der Waals surface area contributed by atoms with E-state index >= 15 is 0 Å². The van der Waals surface area contributed by atoms with Gasteiger partial charge < -0.3 is 14.0 Å². The van der Waals surface area contributed by atoms with Crippen molar-refractivity contribution in [1.82, 2.24) is 9.55 Å². The van der Waals surface area contributed by atoms with Crippen molar-refractivity contribution in [2.75, 3.05) is 6.61 Å². The molecule has 0 saturated carbocycles. The summed E-state index contributed by atoms with van der Waals surface area (Å²) in [5.41, 5.74) is 5.95. The van der Waals surface area contributed by atoms with Gasteiger partial charge in [0.25, 0.3) is 0 Å². The zero-order valence-corrected chi connectivity index (χ0v) is 19.3. The molecule has 0 amide bonds. The van der Waals surface area contributed by atoms with E-state index in [4.69, 9.17) is 14.5 Å². The van der Waals surface area contributed by atoms with Gasteiger partial charge in [-0.2, -0.15) is 0 Å². The highest BCUT2D eigenvalue weighted by Crippen LogP contribution is 2.20. The Morgan fingerprint density at radius 3 is 2.31 bits per heavy atom. The largest absolute Gasteiger partial charge is 0.494 e. The van der Waals surface area contributed by atoms with Gasteiger partial charge in [0.2, 0.25) is 0 Å². The van der Waals surface area contributed by atoms with Crippen molar-refractivity contribution >= 4 is 11.0 Å². The van der Waals surface area contributed by atoms with E-state index in [1.165, 1.54) is 16.7 Å². The van der Waals surface area contributed by atoms with Crippen molar-refractivity contribution in [1.29, 1.82) is 0 Å². The van der Waals surface area contributed by atoms with Gasteiger partial charge in [0.1, 0.15) is 23.9 Å². The Balaban J connectivity index is 1.37. The normalized spacial score (nSPS) is 11.1. The molecule has 0 atom stereocenters. The molecule has 166 valence electrons. The second-order valence-corrected chi connectivity index (χ2v) is 8.33.